The summed E-state index contributed by atoms with van der Waals surface area (Å²) in [6, 6.07) is 13.6. The van der Waals surface area contributed by atoms with Crippen molar-refractivity contribution in [2.24, 2.45) is 0 Å². The zero-order valence-corrected chi connectivity index (χ0v) is 19.4. The van der Waals surface area contributed by atoms with Crippen molar-refractivity contribution in [2.75, 3.05) is 19.0 Å². The summed E-state index contributed by atoms with van der Waals surface area (Å²) in [7, 11) is 1.61. The molecular formula is C26H27FN4O3. The molecule has 1 aliphatic rings. The van der Waals surface area contributed by atoms with Gasteiger partial charge >= 0.3 is 0 Å². The summed E-state index contributed by atoms with van der Waals surface area (Å²) in [5, 5.41) is 16.7. The highest BCUT2D eigenvalue weighted by molar-refractivity contribution is 6.07. The Morgan fingerprint density at radius 1 is 1.21 bits per heavy atom. The molecule has 2 aromatic carbocycles. The van der Waals surface area contributed by atoms with E-state index in [-0.39, 0.29) is 24.8 Å². The summed E-state index contributed by atoms with van der Waals surface area (Å²) in [6.45, 7) is 4.21. The number of aliphatic hydroxyl groups is 1. The highest BCUT2D eigenvalue weighted by Gasteiger charge is 2.31. The van der Waals surface area contributed by atoms with Crippen LogP contribution >= 0.6 is 0 Å². The average Bonchev–Trinajstić information content (AvgIpc) is 3.17. The number of benzene rings is 2. The summed E-state index contributed by atoms with van der Waals surface area (Å²) in [6.07, 6.45) is 1.61. The van der Waals surface area contributed by atoms with Crippen LogP contribution in [0.1, 0.15) is 29.2 Å². The van der Waals surface area contributed by atoms with E-state index >= 15 is 0 Å². The Morgan fingerprint density at radius 2 is 2.00 bits per heavy atom. The molecule has 0 aliphatic carbocycles. The van der Waals surface area contributed by atoms with Gasteiger partial charge in [-0.3, -0.25) is 14.3 Å². The van der Waals surface area contributed by atoms with Crippen molar-refractivity contribution < 1.29 is 19.1 Å². The van der Waals surface area contributed by atoms with Gasteiger partial charge in [0.15, 0.2) is 0 Å². The van der Waals surface area contributed by atoms with Gasteiger partial charge in [-0.25, -0.2) is 4.39 Å². The van der Waals surface area contributed by atoms with E-state index in [1.54, 1.807) is 23.9 Å². The van der Waals surface area contributed by atoms with Crippen molar-refractivity contribution >= 4 is 17.5 Å². The lowest BCUT2D eigenvalue weighted by Gasteiger charge is -2.28. The summed E-state index contributed by atoms with van der Waals surface area (Å²) in [5.74, 6) is -1.45. The van der Waals surface area contributed by atoms with Crippen LogP contribution in [-0.4, -0.2) is 45.3 Å². The largest absolute Gasteiger partial charge is 0.394 e. The number of anilines is 1. The van der Waals surface area contributed by atoms with Gasteiger partial charge in [-0.05, 0) is 49.2 Å². The highest BCUT2D eigenvalue weighted by atomic mass is 19.1. The second kappa shape index (κ2) is 9.61. The number of nitrogens with one attached hydrogen (secondary N) is 1. The fourth-order valence-corrected chi connectivity index (χ4v) is 4.12. The number of aromatic nitrogens is 2. The van der Waals surface area contributed by atoms with Gasteiger partial charge in [0, 0.05) is 48.1 Å². The van der Waals surface area contributed by atoms with Crippen LogP contribution < -0.4 is 5.32 Å². The third kappa shape index (κ3) is 4.77. The van der Waals surface area contributed by atoms with Gasteiger partial charge < -0.3 is 15.3 Å². The first-order chi connectivity index (χ1) is 16.3. The molecule has 1 aromatic heterocycles. The van der Waals surface area contributed by atoms with E-state index in [9.17, 15) is 19.1 Å². The van der Waals surface area contributed by atoms with Crippen LogP contribution in [0.4, 0.5) is 10.1 Å². The molecule has 0 saturated heterocycles. The Kier molecular flexibility index (Phi) is 6.61. The van der Waals surface area contributed by atoms with Crippen LogP contribution in [-0.2, 0) is 16.1 Å². The Morgan fingerprint density at radius 3 is 2.74 bits per heavy atom. The molecule has 176 valence electrons. The zero-order valence-electron chi connectivity index (χ0n) is 19.4. The van der Waals surface area contributed by atoms with Crippen molar-refractivity contribution in [3.63, 3.8) is 0 Å². The number of nitrogens with zero attached hydrogens (tertiary/aromatic N) is 3. The summed E-state index contributed by atoms with van der Waals surface area (Å²) in [5.41, 5.74) is 4.95. The van der Waals surface area contributed by atoms with Gasteiger partial charge in [0.05, 0.1) is 18.8 Å². The fraction of sp³-hybridized carbons (Fsp3) is 0.269. The number of aryl methyl sites for hydroxylation is 2. The first-order valence-corrected chi connectivity index (χ1v) is 11.1. The van der Waals surface area contributed by atoms with Crippen LogP contribution in [0.2, 0.25) is 0 Å². The first-order valence-electron chi connectivity index (χ1n) is 11.1. The number of aliphatic hydroxyl groups excluding tert-OH is 1. The highest BCUT2D eigenvalue weighted by Crippen LogP contribution is 2.34. The molecule has 1 atom stereocenters. The van der Waals surface area contributed by atoms with Gasteiger partial charge in [0.1, 0.15) is 5.82 Å². The SMILES string of the molecule is Cc1ccc(-c2cc(C)n(CCO)n2)cc1NC(=O)C1=CN(C)C(=O)CC1c1cccc(F)c1. The lowest BCUT2D eigenvalue weighted by atomic mass is 9.85. The molecule has 2 N–H and O–H groups in total. The molecule has 1 unspecified atom stereocenters. The fourth-order valence-electron chi connectivity index (χ4n) is 4.12. The van der Waals surface area contributed by atoms with Gasteiger partial charge in [-0.2, -0.15) is 5.10 Å². The maximum atomic E-state index is 13.9. The standard InChI is InChI=1S/C26H27FN4O3/c1-16-7-8-19(24-11-17(2)31(29-24)9-10-32)13-23(16)28-26(34)22-15-30(3)25(33)14-21(22)18-5-4-6-20(27)12-18/h4-8,11-13,15,21,32H,9-10,14H2,1-3H3,(H,28,34). The minimum atomic E-state index is -0.542. The van der Waals surface area contributed by atoms with Crippen molar-refractivity contribution in [1.82, 2.24) is 14.7 Å². The normalized spacial score (nSPS) is 15.9. The smallest absolute Gasteiger partial charge is 0.253 e. The molecule has 34 heavy (non-hydrogen) atoms. The molecule has 1 aliphatic heterocycles. The molecule has 0 spiro atoms. The van der Waals surface area contributed by atoms with E-state index in [1.807, 2.05) is 38.1 Å². The van der Waals surface area contributed by atoms with E-state index in [0.29, 0.717) is 23.4 Å². The van der Waals surface area contributed by atoms with Gasteiger partial charge in [0.2, 0.25) is 5.91 Å². The quantitative estimate of drug-likeness (QED) is 0.584. The Hall–Kier alpha value is -3.78. The van der Waals surface area contributed by atoms with Crippen LogP contribution in [0.5, 0.6) is 0 Å². The molecule has 4 rings (SSSR count). The molecule has 0 saturated carbocycles. The molecule has 8 heteroatoms. The second-order valence-electron chi connectivity index (χ2n) is 8.50. The molecule has 0 fully saturated rings. The predicted octanol–water partition coefficient (Wildman–Crippen LogP) is 3.77. The minimum Gasteiger partial charge on any atom is -0.394 e. The first kappa shape index (κ1) is 23.4. The molecule has 3 aromatic rings. The molecule has 7 nitrogen and oxygen atoms in total. The monoisotopic (exact) mass is 462 g/mol. The molecular weight excluding hydrogens is 435 g/mol. The van der Waals surface area contributed by atoms with E-state index in [0.717, 1.165) is 22.5 Å². The van der Waals surface area contributed by atoms with Crippen LogP contribution in [0.25, 0.3) is 11.3 Å². The van der Waals surface area contributed by atoms with E-state index in [2.05, 4.69) is 10.4 Å². The average molecular weight is 463 g/mol. The van der Waals surface area contributed by atoms with Crippen molar-refractivity contribution in [3.05, 3.63) is 82.9 Å². The number of carbonyl (C=O) groups excluding carboxylic acids is 2. The number of rotatable bonds is 6. The van der Waals surface area contributed by atoms with E-state index in [4.69, 9.17) is 0 Å². The molecule has 2 amide bonds. The Bertz CT molecular complexity index is 1280. The summed E-state index contributed by atoms with van der Waals surface area (Å²) in [4.78, 5) is 27.1. The van der Waals surface area contributed by atoms with E-state index in [1.165, 1.54) is 23.2 Å². The Balaban J connectivity index is 1.64. The summed E-state index contributed by atoms with van der Waals surface area (Å²) >= 11 is 0. The predicted molar refractivity (Wildman–Crippen MR) is 127 cm³/mol. The minimum absolute atomic E-state index is 0.00426. The molecule has 0 bridgehead atoms. The van der Waals surface area contributed by atoms with Crippen LogP contribution in [0, 0.1) is 19.7 Å². The third-order valence-corrected chi connectivity index (χ3v) is 6.07. The van der Waals surface area contributed by atoms with Gasteiger partial charge in [-0.15, -0.1) is 0 Å². The number of halogens is 1. The van der Waals surface area contributed by atoms with Crippen LogP contribution in [0.3, 0.4) is 0 Å². The maximum Gasteiger partial charge on any atom is 0.253 e. The molecule has 2 heterocycles. The zero-order chi connectivity index (χ0) is 24.4. The third-order valence-electron chi connectivity index (χ3n) is 6.07. The molecule has 0 radical (unpaired) electrons. The van der Waals surface area contributed by atoms with Crippen molar-refractivity contribution in [1.29, 1.82) is 0 Å². The van der Waals surface area contributed by atoms with Crippen LogP contribution in [0.15, 0.2) is 60.3 Å². The topological polar surface area (TPSA) is 87.5 Å². The number of hydrogen-bond acceptors (Lipinski definition) is 4. The Labute approximate surface area is 197 Å². The lowest BCUT2D eigenvalue weighted by Crippen LogP contribution is -2.33. The maximum absolute atomic E-state index is 13.9. The lowest BCUT2D eigenvalue weighted by molar-refractivity contribution is -0.128. The second-order valence-corrected chi connectivity index (χ2v) is 8.50. The number of hydrogen-bond donors (Lipinski definition) is 2. The number of amides is 2. The number of carbonyl (C=O) groups is 2. The van der Waals surface area contributed by atoms with Gasteiger partial charge in [0.25, 0.3) is 5.91 Å². The van der Waals surface area contributed by atoms with Crippen molar-refractivity contribution in [2.45, 2.75) is 32.7 Å². The summed E-state index contributed by atoms with van der Waals surface area (Å²) < 4.78 is 15.6. The van der Waals surface area contributed by atoms with E-state index < -0.39 is 11.7 Å². The van der Waals surface area contributed by atoms with Crippen molar-refractivity contribution in [3.8, 4) is 11.3 Å². The van der Waals surface area contributed by atoms with Gasteiger partial charge in [-0.1, -0.05) is 24.3 Å².